The summed E-state index contributed by atoms with van der Waals surface area (Å²) >= 11 is 0. The molecule has 0 saturated carbocycles. The van der Waals surface area contributed by atoms with Crippen LogP contribution in [0, 0.1) is 0 Å². The Hall–Kier alpha value is -3.48. The van der Waals surface area contributed by atoms with Crippen molar-refractivity contribution >= 4 is 5.52 Å². The molecule has 0 aliphatic carbocycles. The molecule has 7 nitrogen and oxygen atoms in total. The highest BCUT2D eigenvalue weighted by atomic mass is 16.5. The van der Waals surface area contributed by atoms with E-state index in [1.165, 1.54) is 6.07 Å². The van der Waals surface area contributed by atoms with Crippen molar-refractivity contribution in [2.24, 2.45) is 0 Å². The number of nitrogens with zero attached hydrogens (tertiary/aromatic N) is 4. The molecule has 24 heavy (non-hydrogen) atoms. The van der Waals surface area contributed by atoms with Gasteiger partial charge in [-0.1, -0.05) is 12.1 Å². The SMILES string of the molecule is COc1ccccc1-c1nn2ccncc2c1-c1ccc(=O)[nH]n1. The Morgan fingerprint density at radius 1 is 1.17 bits per heavy atom. The van der Waals surface area contributed by atoms with Gasteiger partial charge >= 0.3 is 0 Å². The predicted molar refractivity (Wildman–Crippen MR) is 88.8 cm³/mol. The molecule has 1 N–H and O–H groups in total. The first-order valence-electron chi connectivity index (χ1n) is 7.30. The molecule has 3 aromatic heterocycles. The fourth-order valence-corrected chi connectivity index (χ4v) is 2.67. The molecule has 1 aromatic carbocycles. The molecule has 0 saturated heterocycles. The van der Waals surface area contributed by atoms with Crippen molar-refractivity contribution in [1.82, 2.24) is 24.8 Å². The van der Waals surface area contributed by atoms with Gasteiger partial charge in [0.2, 0.25) is 0 Å². The maximum atomic E-state index is 11.3. The first-order chi connectivity index (χ1) is 11.8. The van der Waals surface area contributed by atoms with Crippen molar-refractivity contribution < 1.29 is 4.74 Å². The van der Waals surface area contributed by atoms with E-state index in [2.05, 4.69) is 20.3 Å². The van der Waals surface area contributed by atoms with E-state index >= 15 is 0 Å². The first kappa shape index (κ1) is 14.1. The standard InChI is InChI=1S/C17H13N5O2/c1-24-14-5-3-2-4-11(14)17-16(12-6-7-15(23)20-19-12)13-10-18-8-9-22(13)21-17/h2-10H,1H3,(H,20,23). The van der Waals surface area contributed by atoms with E-state index in [9.17, 15) is 4.79 Å². The van der Waals surface area contributed by atoms with Gasteiger partial charge in [0.1, 0.15) is 11.4 Å². The molecule has 0 unspecified atom stereocenters. The molecular formula is C17H13N5O2. The molecule has 0 fully saturated rings. The third-order valence-electron chi connectivity index (χ3n) is 3.74. The summed E-state index contributed by atoms with van der Waals surface area (Å²) in [6, 6.07) is 10.7. The summed E-state index contributed by atoms with van der Waals surface area (Å²) in [7, 11) is 1.62. The average molecular weight is 319 g/mol. The Kier molecular flexibility index (Phi) is 3.31. The van der Waals surface area contributed by atoms with Crippen molar-refractivity contribution in [1.29, 1.82) is 0 Å². The highest BCUT2D eigenvalue weighted by Crippen LogP contribution is 2.37. The second kappa shape index (κ2) is 5.62. The van der Waals surface area contributed by atoms with Crippen LogP contribution in [0.15, 0.2) is 59.8 Å². The fourth-order valence-electron chi connectivity index (χ4n) is 2.67. The van der Waals surface area contributed by atoms with Gasteiger partial charge in [-0.3, -0.25) is 9.78 Å². The summed E-state index contributed by atoms with van der Waals surface area (Å²) in [6.07, 6.45) is 5.15. The Morgan fingerprint density at radius 3 is 2.83 bits per heavy atom. The highest BCUT2D eigenvalue weighted by molar-refractivity contribution is 5.91. The summed E-state index contributed by atoms with van der Waals surface area (Å²) in [4.78, 5) is 15.5. The van der Waals surface area contributed by atoms with Gasteiger partial charge in [0.25, 0.3) is 5.56 Å². The number of para-hydroxylation sites is 1. The van der Waals surface area contributed by atoms with Crippen molar-refractivity contribution in [2.75, 3.05) is 7.11 Å². The molecule has 0 aliphatic rings. The summed E-state index contributed by atoms with van der Waals surface area (Å²) < 4.78 is 7.20. The van der Waals surface area contributed by atoms with Gasteiger partial charge in [0.15, 0.2) is 0 Å². The summed E-state index contributed by atoms with van der Waals surface area (Å²) in [6.45, 7) is 0. The molecule has 118 valence electrons. The van der Waals surface area contributed by atoms with E-state index in [1.807, 2.05) is 24.3 Å². The van der Waals surface area contributed by atoms with Crippen LogP contribution in [0.1, 0.15) is 0 Å². The molecule has 4 rings (SSSR count). The zero-order valence-corrected chi connectivity index (χ0v) is 12.8. The molecule has 7 heteroatoms. The lowest BCUT2D eigenvalue weighted by Gasteiger charge is -2.07. The largest absolute Gasteiger partial charge is 0.496 e. The van der Waals surface area contributed by atoms with E-state index in [1.54, 1.807) is 36.3 Å². The van der Waals surface area contributed by atoms with Crippen LogP contribution in [0.25, 0.3) is 28.0 Å². The van der Waals surface area contributed by atoms with Gasteiger partial charge in [-0.05, 0) is 18.2 Å². The minimum Gasteiger partial charge on any atom is -0.496 e. The number of aromatic nitrogens is 5. The topological polar surface area (TPSA) is 85.2 Å². The molecule has 0 aliphatic heterocycles. The quantitative estimate of drug-likeness (QED) is 0.625. The van der Waals surface area contributed by atoms with Gasteiger partial charge in [0.05, 0.1) is 30.1 Å². The third kappa shape index (κ3) is 2.23. The van der Waals surface area contributed by atoms with Gasteiger partial charge < -0.3 is 4.74 Å². The molecule has 4 aromatic rings. The smallest absolute Gasteiger partial charge is 0.264 e. The van der Waals surface area contributed by atoms with Crippen LogP contribution in [-0.4, -0.2) is 31.9 Å². The molecule has 0 spiro atoms. The number of hydrogen-bond donors (Lipinski definition) is 1. The lowest BCUT2D eigenvalue weighted by atomic mass is 10.0. The van der Waals surface area contributed by atoms with E-state index < -0.39 is 0 Å². The van der Waals surface area contributed by atoms with Crippen LogP contribution in [0.4, 0.5) is 0 Å². The molecule has 0 amide bonds. The number of ether oxygens (including phenoxy) is 1. The van der Waals surface area contributed by atoms with Crippen molar-refractivity contribution in [3.05, 3.63) is 65.3 Å². The number of H-pyrrole nitrogens is 1. The van der Waals surface area contributed by atoms with E-state index in [-0.39, 0.29) is 5.56 Å². The molecule has 0 bridgehead atoms. The Balaban J connectivity index is 2.07. The van der Waals surface area contributed by atoms with E-state index in [0.29, 0.717) is 17.1 Å². The number of nitrogens with one attached hydrogen (secondary N) is 1. The van der Waals surface area contributed by atoms with Crippen molar-refractivity contribution in [3.8, 4) is 28.3 Å². The van der Waals surface area contributed by atoms with Crippen LogP contribution < -0.4 is 10.3 Å². The zero-order chi connectivity index (χ0) is 16.5. The molecule has 3 heterocycles. The lowest BCUT2D eigenvalue weighted by molar-refractivity contribution is 0.416. The Bertz CT molecular complexity index is 1060. The first-order valence-corrected chi connectivity index (χ1v) is 7.30. The number of fused-ring (bicyclic) bond motifs is 1. The summed E-state index contributed by atoms with van der Waals surface area (Å²) in [5.41, 5.74) is 3.47. The van der Waals surface area contributed by atoms with Crippen LogP contribution in [0.5, 0.6) is 5.75 Å². The normalized spacial score (nSPS) is 10.9. The van der Waals surface area contributed by atoms with Gasteiger partial charge in [-0.15, -0.1) is 0 Å². The number of hydrogen-bond acceptors (Lipinski definition) is 5. The van der Waals surface area contributed by atoms with E-state index in [4.69, 9.17) is 4.74 Å². The van der Waals surface area contributed by atoms with Crippen LogP contribution in [-0.2, 0) is 0 Å². The fraction of sp³-hybridized carbons (Fsp3) is 0.0588. The average Bonchev–Trinajstić information content (AvgIpc) is 3.01. The monoisotopic (exact) mass is 319 g/mol. The van der Waals surface area contributed by atoms with Crippen molar-refractivity contribution in [2.45, 2.75) is 0 Å². The Morgan fingerprint density at radius 2 is 2.04 bits per heavy atom. The van der Waals surface area contributed by atoms with Crippen LogP contribution in [0.3, 0.4) is 0 Å². The third-order valence-corrected chi connectivity index (χ3v) is 3.74. The van der Waals surface area contributed by atoms with E-state index in [0.717, 1.165) is 16.6 Å². The maximum Gasteiger partial charge on any atom is 0.264 e. The van der Waals surface area contributed by atoms with Crippen molar-refractivity contribution in [3.63, 3.8) is 0 Å². The zero-order valence-electron chi connectivity index (χ0n) is 12.8. The summed E-state index contributed by atoms with van der Waals surface area (Å²) in [5.74, 6) is 0.708. The second-order valence-corrected chi connectivity index (χ2v) is 5.14. The number of benzene rings is 1. The molecule has 0 radical (unpaired) electrons. The number of aromatic amines is 1. The minimum atomic E-state index is -0.257. The molecular weight excluding hydrogens is 306 g/mol. The molecule has 0 atom stereocenters. The predicted octanol–water partition coefficient (Wildman–Crippen LogP) is 2.16. The number of rotatable bonds is 3. The second-order valence-electron chi connectivity index (χ2n) is 5.14. The van der Waals surface area contributed by atoms with Crippen LogP contribution >= 0.6 is 0 Å². The van der Waals surface area contributed by atoms with Gasteiger partial charge in [0, 0.05) is 24.0 Å². The highest BCUT2D eigenvalue weighted by Gasteiger charge is 2.20. The summed E-state index contributed by atoms with van der Waals surface area (Å²) in [5, 5.41) is 11.3. The van der Waals surface area contributed by atoms with Gasteiger partial charge in [-0.2, -0.15) is 10.2 Å². The lowest BCUT2D eigenvalue weighted by Crippen LogP contribution is -2.05. The number of methoxy groups -OCH3 is 1. The minimum absolute atomic E-state index is 0.257. The van der Waals surface area contributed by atoms with Gasteiger partial charge in [-0.25, -0.2) is 9.61 Å². The maximum absolute atomic E-state index is 11.3. The Labute approximate surface area is 136 Å². The van der Waals surface area contributed by atoms with Crippen LogP contribution in [0.2, 0.25) is 0 Å².